The summed E-state index contributed by atoms with van der Waals surface area (Å²) in [5, 5.41) is 0. The minimum absolute atomic E-state index is 0.564. The third kappa shape index (κ3) is 3.64. The summed E-state index contributed by atoms with van der Waals surface area (Å²) in [7, 11) is 0. The highest BCUT2D eigenvalue weighted by atomic mass is 14.7. The maximum atomic E-state index is 4.85. The molecule has 0 saturated heterocycles. The van der Waals surface area contributed by atoms with Crippen LogP contribution in [0.5, 0.6) is 0 Å². The van der Waals surface area contributed by atoms with Crippen LogP contribution in [0.4, 0.5) is 0 Å². The van der Waals surface area contributed by atoms with Crippen LogP contribution in [0.2, 0.25) is 0 Å². The van der Waals surface area contributed by atoms with Crippen molar-refractivity contribution in [2.75, 3.05) is 0 Å². The summed E-state index contributed by atoms with van der Waals surface area (Å²) in [4.78, 5) is 4.85. The van der Waals surface area contributed by atoms with Crippen LogP contribution < -0.4 is 0 Å². The maximum Gasteiger partial charge on any atom is 0.0670 e. The molecule has 6 rings (SSSR count). The molecule has 1 unspecified atom stereocenters. The number of hydrogen-bond donors (Lipinski definition) is 0. The number of nitrogens with zero attached hydrogens (tertiary/aromatic N) is 1. The van der Waals surface area contributed by atoms with Gasteiger partial charge in [0.25, 0.3) is 0 Å². The zero-order valence-electron chi connectivity index (χ0n) is 17.5. The molecule has 1 fully saturated rings. The molecule has 0 radical (unpaired) electrons. The lowest BCUT2D eigenvalue weighted by molar-refractivity contribution is 0.286. The average Bonchev–Trinajstić information content (AvgIpc) is 2.80. The Balaban J connectivity index is 1.55. The quantitative estimate of drug-likeness (QED) is 0.485. The number of hydrogen-bond acceptors (Lipinski definition) is 1. The van der Waals surface area contributed by atoms with Crippen LogP contribution in [0, 0.1) is 17.8 Å². The van der Waals surface area contributed by atoms with Crippen molar-refractivity contribution in [2.24, 2.45) is 17.8 Å². The molecule has 0 aliphatic heterocycles. The first-order chi connectivity index (χ1) is 14.3. The van der Waals surface area contributed by atoms with Crippen LogP contribution >= 0.6 is 0 Å². The molecule has 1 saturated carbocycles. The van der Waals surface area contributed by atoms with E-state index in [1.54, 1.807) is 11.1 Å². The van der Waals surface area contributed by atoms with Gasteiger partial charge in [0.05, 0.1) is 5.69 Å². The summed E-state index contributed by atoms with van der Waals surface area (Å²) >= 11 is 0. The Morgan fingerprint density at radius 1 is 0.931 bits per heavy atom. The molecule has 1 heteroatoms. The van der Waals surface area contributed by atoms with Gasteiger partial charge in [0.15, 0.2) is 0 Å². The van der Waals surface area contributed by atoms with Crippen LogP contribution in [0.1, 0.15) is 57.6 Å². The number of benzene rings is 1. The number of fused-ring (bicyclic) bond motifs is 2. The highest BCUT2D eigenvalue weighted by Gasteiger charge is 2.38. The van der Waals surface area contributed by atoms with Gasteiger partial charge in [0.1, 0.15) is 0 Å². The average molecular weight is 382 g/mol. The Labute approximate surface area is 175 Å². The van der Waals surface area contributed by atoms with E-state index in [2.05, 4.69) is 67.6 Å². The van der Waals surface area contributed by atoms with E-state index < -0.39 is 0 Å². The summed E-state index contributed by atoms with van der Waals surface area (Å²) in [6.07, 6.45) is 18.4. The van der Waals surface area contributed by atoms with Crippen molar-refractivity contribution in [3.8, 4) is 11.1 Å². The van der Waals surface area contributed by atoms with Crippen molar-refractivity contribution in [1.29, 1.82) is 0 Å². The SMILES string of the molecule is CCC=CCC1CC2=C(C=C1c1cc(-c3ccccc3)ccn1)C1CCC2CC1. The summed E-state index contributed by atoms with van der Waals surface area (Å²) in [6, 6.07) is 15.1. The molecule has 1 heterocycles. The zero-order valence-corrected chi connectivity index (χ0v) is 17.5. The van der Waals surface area contributed by atoms with Crippen molar-refractivity contribution in [1.82, 2.24) is 4.98 Å². The molecule has 0 spiro atoms. The van der Waals surface area contributed by atoms with E-state index >= 15 is 0 Å². The molecule has 4 aliphatic rings. The Bertz CT molecular complexity index is 955. The normalized spacial score (nSPS) is 26.0. The predicted octanol–water partition coefficient (Wildman–Crippen LogP) is 7.62. The van der Waals surface area contributed by atoms with Gasteiger partial charge in [-0.15, -0.1) is 0 Å². The fourth-order valence-electron chi connectivity index (χ4n) is 5.73. The third-order valence-corrected chi connectivity index (χ3v) is 7.23. The topological polar surface area (TPSA) is 12.9 Å². The van der Waals surface area contributed by atoms with Crippen molar-refractivity contribution in [2.45, 2.75) is 51.9 Å². The molecule has 2 bridgehead atoms. The molecule has 1 atom stereocenters. The first-order valence-corrected chi connectivity index (χ1v) is 11.4. The lowest BCUT2D eigenvalue weighted by Gasteiger charge is -2.43. The molecule has 2 aromatic rings. The first-order valence-electron chi connectivity index (χ1n) is 11.4. The van der Waals surface area contributed by atoms with Crippen LogP contribution in [-0.2, 0) is 0 Å². The first kappa shape index (κ1) is 18.6. The number of rotatable bonds is 5. The summed E-state index contributed by atoms with van der Waals surface area (Å²) < 4.78 is 0. The second-order valence-corrected chi connectivity index (χ2v) is 8.94. The van der Waals surface area contributed by atoms with Crippen molar-refractivity contribution in [3.05, 3.63) is 83.7 Å². The van der Waals surface area contributed by atoms with Gasteiger partial charge >= 0.3 is 0 Å². The monoisotopic (exact) mass is 381 g/mol. The van der Waals surface area contributed by atoms with Gasteiger partial charge in [-0.1, -0.05) is 61.1 Å². The summed E-state index contributed by atoms with van der Waals surface area (Å²) in [6.45, 7) is 2.22. The fraction of sp³-hybridized carbons (Fsp3) is 0.393. The van der Waals surface area contributed by atoms with E-state index in [1.807, 2.05) is 6.20 Å². The van der Waals surface area contributed by atoms with Gasteiger partial charge < -0.3 is 0 Å². The molecule has 0 amide bonds. The minimum atomic E-state index is 0.564. The molecule has 1 aromatic carbocycles. The zero-order chi connectivity index (χ0) is 19.6. The number of allylic oxidation sites excluding steroid dienone is 6. The molecule has 1 nitrogen and oxygen atoms in total. The second-order valence-electron chi connectivity index (χ2n) is 8.94. The Morgan fingerprint density at radius 3 is 2.52 bits per heavy atom. The highest BCUT2D eigenvalue weighted by Crippen LogP contribution is 2.52. The van der Waals surface area contributed by atoms with Crippen LogP contribution in [0.25, 0.3) is 16.7 Å². The largest absolute Gasteiger partial charge is 0.257 e. The lowest BCUT2D eigenvalue weighted by atomic mass is 9.62. The van der Waals surface area contributed by atoms with Gasteiger partial charge in [-0.2, -0.15) is 0 Å². The molecule has 4 aliphatic carbocycles. The summed E-state index contributed by atoms with van der Waals surface area (Å²) in [5.74, 6) is 2.22. The molecule has 29 heavy (non-hydrogen) atoms. The van der Waals surface area contributed by atoms with E-state index in [9.17, 15) is 0 Å². The number of pyridine rings is 1. The molecular weight excluding hydrogens is 350 g/mol. The molecule has 0 N–H and O–H groups in total. The van der Waals surface area contributed by atoms with Crippen LogP contribution in [-0.4, -0.2) is 4.98 Å². The summed E-state index contributed by atoms with van der Waals surface area (Å²) in [5.41, 5.74) is 8.66. The van der Waals surface area contributed by atoms with E-state index in [4.69, 9.17) is 4.98 Å². The number of aromatic nitrogens is 1. The highest BCUT2D eigenvalue weighted by molar-refractivity contribution is 5.75. The van der Waals surface area contributed by atoms with Gasteiger partial charge in [-0.05, 0) is 97.1 Å². The molecule has 148 valence electrons. The standard InChI is InChI=1S/C28H31N/c1-2-3-5-10-24-17-25-21-11-13-22(14-12-21)26(25)19-27(24)28-18-23(15-16-29-28)20-8-6-4-7-9-20/h3-9,15-16,18-19,21-22,24H,2,10-14,17H2,1H3. The van der Waals surface area contributed by atoms with Crippen molar-refractivity contribution in [3.63, 3.8) is 0 Å². The Hall–Kier alpha value is -2.41. The van der Waals surface area contributed by atoms with Crippen molar-refractivity contribution >= 4 is 5.57 Å². The van der Waals surface area contributed by atoms with Gasteiger partial charge in [-0.25, -0.2) is 0 Å². The maximum absolute atomic E-state index is 4.85. The molecular formula is C28H31N. The predicted molar refractivity (Wildman–Crippen MR) is 122 cm³/mol. The van der Waals surface area contributed by atoms with E-state index in [1.165, 1.54) is 54.5 Å². The van der Waals surface area contributed by atoms with E-state index in [0.717, 1.165) is 24.7 Å². The minimum Gasteiger partial charge on any atom is -0.257 e. The van der Waals surface area contributed by atoms with Gasteiger partial charge in [0, 0.05) is 6.20 Å². The third-order valence-electron chi connectivity index (χ3n) is 7.23. The smallest absolute Gasteiger partial charge is 0.0670 e. The second kappa shape index (κ2) is 8.14. The van der Waals surface area contributed by atoms with Crippen LogP contribution in [0.3, 0.4) is 0 Å². The Kier molecular flexibility index (Phi) is 5.23. The van der Waals surface area contributed by atoms with Gasteiger partial charge in [-0.3, -0.25) is 4.98 Å². The van der Waals surface area contributed by atoms with Crippen LogP contribution in [0.15, 0.2) is 78.0 Å². The van der Waals surface area contributed by atoms with E-state index in [0.29, 0.717) is 5.92 Å². The fourth-order valence-corrected chi connectivity index (χ4v) is 5.73. The molecule has 1 aromatic heterocycles. The Morgan fingerprint density at radius 2 is 1.72 bits per heavy atom. The van der Waals surface area contributed by atoms with Gasteiger partial charge in [0.2, 0.25) is 0 Å². The lowest BCUT2D eigenvalue weighted by Crippen LogP contribution is -2.29. The van der Waals surface area contributed by atoms with Crippen molar-refractivity contribution < 1.29 is 0 Å². The van der Waals surface area contributed by atoms with E-state index in [-0.39, 0.29) is 0 Å².